The molecule has 8 heteroatoms. The number of carbonyl (C=O) groups is 1. The number of nitrogens with one attached hydrogen (secondary N) is 3. The fourth-order valence-electron chi connectivity index (χ4n) is 1.67. The Balaban J connectivity index is 2.16. The summed E-state index contributed by atoms with van der Waals surface area (Å²) in [7, 11) is 0. The van der Waals surface area contributed by atoms with E-state index in [9.17, 15) is 9.59 Å². The van der Waals surface area contributed by atoms with Crippen LogP contribution in [0.3, 0.4) is 0 Å². The molecular formula is C14H16N6O2. The van der Waals surface area contributed by atoms with E-state index in [0.717, 1.165) is 5.56 Å². The van der Waals surface area contributed by atoms with Crippen molar-refractivity contribution in [3.8, 4) is 0 Å². The SMILES string of the molecule is CC(=O)Nc1cccc(/C(C)=N/Nc2nnc(C)c(=O)[nH]2)c1. The van der Waals surface area contributed by atoms with E-state index >= 15 is 0 Å². The summed E-state index contributed by atoms with van der Waals surface area (Å²) < 4.78 is 0. The molecule has 0 aliphatic rings. The van der Waals surface area contributed by atoms with Gasteiger partial charge in [-0.2, -0.15) is 5.10 Å². The summed E-state index contributed by atoms with van der Waals surface area (Å²) in [5.41, 5.74) is 4.77. The van der Waals surface area contributed by atoms with E-state index in [1.54, 1.807) is 26.0 Å². The number of H-pyrrole nitrogens is 1. The number of hydrogen-bond acceptors (Lipinski definition) is 6. The van der Waals surface area contributed by atoms with Crippen molar-refractivity contribution in [1.82, 2.24) is 15.2 Å². The van der Waals surface area contributed by atoms with Crippen LogP contribution in [0.25, 0.3) is 0 Å². The maximum Gasteiger partial charge on any atom is 0.274 e. The van der Waals surface area contributed by atoms with Crippen LogP contribution in [0.15, 0.2) is 34.2 Å². The van der Waals surface area contributed by atoms with Gasteiger partial charge in [0.05, 0.1) is 5.71 Å². The number of hydrogen-bond donors (Lipinski definition) is 3. The first kappa shape index (κ1) is 15.4. The van der Waals surface area contributed by atoms with Gasteiger partial charge in [0.15, 0.2) is 0 Å². The lowest BCUT2D eigenvalue weighted by molar-refractivity contribution is -0.114. The minimum absolute atomic E-state index is 0.141. The maximum absolute atomic E-state index is 11.4. The molecule has 1 heterocycles. The maximum atomic E-state index is 11.4. The van der Waals surface area contributed by atoms with Crippen LogP contribution < -0.4 is 16.3 Å². The predicted octanol–water partition coefficient (Wildman–Crippen LogP) is 1.27. The fraction of sp³-hybridized carbons (Fsp3) is 0.214. The van der Waals surface area contributed by atoms with Crippen molar-refractivity contribution in [1.29, 1.82) is 0 Å². The average molecular weight is 300 g/mol. The predicted molar refractivity (Wildman–Crippen MR) is 84.0 cm³/mol. The van der Waals surface area contributed by atoms with Gasteiger partial charge in [0.1, 0.15) is 5.69 Å². The third-order valence-corrected chi connectivity index (χ3v) is 2.79. The van der Waals surface area contributed by atoms with Gasteiger partial charge >= 0.3 is 0 Å². The second kappa shape index (κ2) is 6.61. The van der Waals surface area contributed by atoms with Gasteiger partial charge in [-0.1, -0.05) is 12.1 Å². The Labute approximate surface area is 126 Å². The number of aryl methyl sites for hydroxylation is 1. The van der Waals surface area contributed by atoms with Gasteiger partial charge in [-0.15, -0.1) is 10.2 Å². The van der Waals surface area contributed by atoms with E-state index in [2.05, 4.69) is 31.0 Å². The number of anilines is 2. The molecule has 1 aromatic heterocycles. The van der Waals surface area contributed by atoms with Gasteiger partial charge in [-0.05, 0) is 31.5 Å². The summed E-state index contributed by atoms with van der Waals surface area (Å²) in [4.78, 5) is 25.0. The topological polar surface area (TPSA) is 112 Å². The number of amides is 1. The standard InChI is InChI=1S/C14H16N6O2/c1-8(11-5-4-6-12(7-11)15-10(3)21)17-19-14-16-13(22)9(2)18-20-14/h4-7H,1-3H3,(H,15,21)(H2,16,19,20,22)/b17-8+. The molecule has 0 fully saturated rings. The highest BCUT2D eigenvalue weighted by Gasteiger charge is 2.02. The zero-order valence-electron chi connectivity index (χ0n) is 12.5. The van der Waals surface area contributed by atoms with Crippen molar-refractivity contribution in [2.75, 3.05) is 10.7 Å². The lowest BCUT2D eigenvalue weighted by Crippen LogP contribution is -2.16. The lowest BCUT2D eigenvalue weighted by Gasteiger charge is -2.06. The van der Waals surface area contributed by atoms with Crippen LogP contribution >= 0.6 is 0 Å². The molecule has 2 rings (SSSR count). The van der Waals surface area contributed by atoms with Gasteiger partial charge in [0.25, 0.3) is 5.56 Å². The van der Waals surface area contributed by atoms with E-state index in [0.29, 0.717) is 11.4 Å². The Kier molecular flexibility index (Phi) is 4.62. The summed E-state index contributed by atoms with van der Waals surface area (Å²) >= 11 is 0. The minimum Gasteiger partial charge on any atom is -0.326 e. The van der Waals surface area contributed by atoms with Crippen molar-refractivity contribution in [2.45, 2.75) is 20.8 Å². The summed E-state index contributed by atoms with van der Waals surface area (Å²) in [6.45, 7) is 4.80. The number of aromatic amines is 1. The Hall–Kier alpha value is -3.03. The molecule has 114 valence electrons. The molecule has 2 aromatic rings. The number of rotatable bonds is 4. The normalized spacial score (nSPS) is 11.1. The van der Waals surface area contributed by atoms with Crippen molar-refractivity contribution in [2.24, 2.45) is 5.10 Å². The molecule has 0 saturated heterocycles. The molecule has 0 saturated carbocycles. The van der Waals surface area contributed by atoms with E-state index in [1.807, 2.05) is 12.1 Å². The molecular weight excluding hydrogens is 284 g/mol. The van der Waals surface area contributed by atoms with Gasteiger partial charge in [-0.25, -0.2) is 5.43 Å². The molecule has 0 atom stereocenters. The van der Waals surface area contributed by atoms with E-state index in [1.165, 1.54) is 6.92 Å². The van der Waals surface area contributed by atoms with Crippen LogP contribution in [-0.2, 0) is 4.79 Å². The molecule has 0 unspecified atom stereocenters. The van der Waals surface area contributed by atoms with Crippen LogP contribution in [-0.4, -0.2) is 26.8 Å². The van der Waals surface area contributed by atoms with Crippen LogP contribution in [0.4, 0.5) is 11.6 Å². The average Bonchev–Trinajstić information content (AvgIpc) is 2.48. The number of hydrazone groups is 1. The highest BCUT2D eigenvalue weighted by atomic mass is 16.1. The summed E-state index contributed by atoms with van der Waals surface area (Å²) in [5.74, 6) is 0.0188. The van der Waals surface area contributed by atoms with Crippen LogP contribution in [0.5, 0.6) is 0 Å². The first-order valence-electron chi connectivity index (χ1n) is 6.57. The largest absolute Gasteiger partial charge is 0.326 e. The molecule has 1 aromatic carbocycles. The first-order valence-corrected chi connectivity index (χ1v) is 6.57. The zero-order chi connectivity index (χ0) is 16.1. The Morgan fingerprint density at radius 2 is 2.05 bits per heavy atom. The Morgan fingerprint density at radius 1 is 1.27 bits per heavy atom. The van der Waals surface area contributed by atoms with Crippen LogP contribution in [0.2, 0.25) is 0 Å². The van der Waals surface area contributed by atoms with E-state index in [-0.39, 0.29) is 23.1 Å². The van der Waals surface area contributed by atoms with Crippen molar-refractivity contribution < 1.29 is 4.79 Å². The first-order chi connectivity index (χ1) is 10.5. The fourth-order valence-corrected chi connectivity index (χ4v) is 1.67. The molecule has 0 radical (unpaired) electrons. The Bertz CT molecular complexity index is 781. The molecule has 3 N–H and O–H groups in total. The van der Waals surface area contributed by atoms with E-state index in [4.69, 9.17) is 0 Å². The van der Waals surface area contributed by atoms with Gasteiger partial charge in [0.2, 0.25) is 11.9 Å². The van der Waals surface area contributed by atoms with Crippen LogP contribution in [0, 0.1) is 6.92 Å². The zero-order valence-corrected chi connectivity index (χ0v) is 12.5. The summed E-state index contributed by atoms with van der Waals surface area (Å²) in [5, 5.41) is 14.3. The molecule has 8 nitrogen and oxygen atoms in total. The monoisotopic (exact) mass is 300 g/mol. The quantitative estimate of drug-likeness (QED) is 0.581. The molecule has 0 bridgehead atoms. The Morgan fingerprint density at radius 3 is 2.73 bits per heavy atom. The second-order valence-electron chi connectivity index (χ2n) is 4.66. The number of carbonyl (C=O) groups excluding carboxylic acids is 1. The summed E-state index contributed by atoms with van der Waals surface area (Å²) in [6, 6.07) is 7.25. The molecule has 22 heavy (non-hydrogen) atoms. The number of benzene rings is 1. The third kappa shape index (κ3) is 3.98. The van der Waals surface area contributed by atoms with E-state index < -0.39 is 0 Å². The highest BCUT2D eigenvalue weighted by molar-refractivity contribution is 6.00. The molecule has 1 amide bonds. The summed E-state index contributed by atoms with van der Waals surface area (Å²) in [6.07, 6.45) is 0. The van der Waals surface area contributed by atoms with Gasteiger partial charge in [-0.3, -0.25) is 14.6 Å². The molecule has 0 aliphatic carbocycles. The smallest absolute Gasteiger partial charge is 0.274 e. The lowest BCUT2D eigenvalue weighted by atomic mass is 10.1. The molecule has 0 spiro atoms. The van der Waals surface area contributed by atoms with Crippen LogP contribution in [0.1, 0.15) is 25.1 Å². The molecule has 0 aliphatic heterocycles. The number of aromatic nitrogens is 3. The third-order valence-electron chi connectivity index (χ3n) is 2.79. The van der Waals surface area contributed by atoms with Gasteiger partial charge < -0.3 is 5.32 Å². The minimum atomic E-state index is -0.321. The van der Waals surface area contributed by atoms with Crippen molar-refractivity contribution >= 4 is 23.3 Å². The van der Waals surface area contributed by atoms with Crippen molar-refractivity contribution in [3.63, 3.8) is 0 Å². The van der Waals surface area contributed by atoms with Crippen molar-refractivity contribution in [3.05, 3.63) is 45.9 Å². The number of nitrogens with zero attached hydrogens (tertiary/aromatic N) is 3. The highest BCUT2D eigenvalue weighted by Crippen LogP contribution is 2.11. The van der Waals surface area contributed by atoms with Gasteiger partial charge in [0, 0.05) is 12.6 Å². The second-order valence-corrected chi connectivity index (χ2v) is 4.66.